The van der Waals surface area contributed by atoms with Crippen molar-refractivity contribution >= 4 is 10.0 Å². The fraction of sp³-hybridized carbons (Fsp3) is 0.400. The molecule has 0 aromatic heterocycles. The monoisotopic (exact) mass is 506 g/mol. The zero-order valence-corrected chi connectivity index (χ0v) is 21.7. The lowest BCUT2D eigenvalue weighted by molar-refractivity contribution is 0.158. The Hall–Kier alpha value is -2.54. The average molecular weight is 507 g/mol. The highest BCUT2D eigenvalue weighted by Gasteiger charge is 2.41. The van der Waals surface area contributed by atoms with Crippen LogP contribution >= 0.6 is 0 Å². The standard InChI is InChI=1S/C30H35FN2O2S/c1-23-18-28(31)12-13-30(23)36(34,35)33-21-27(29(22-33)26-10-6-3-7-11-26)20-32-16-14-25(15-17-32)19-24-8-4-2-5-9-24/h2-13,18,25,27,29H,14-17,19-22H2,1H3/t27-,29+/m0/s1. The van der Waals surface area contributed by atoms with Crippen molar-refractivity contribution in [1.29, 1.82) is 0 Å². The van der Waals surface area contributed by atoms with Gasteiger partial charge in [0.1, 0.15) is 5.82 Å². The van der Waals surface area contributed by atoms with Crippen LogP contribution in [0.1, 0.15) is 35.4 Å². The summed E-state index contributed by atoms with van der Waals surface area (Å²) in [5.41, 5.74) is 3.05. The molecule has 0 unspecified atom stereocenters. The predicted octanol–water partition coefficient (Wildman–Crippen LogP) is 5.49. The molecule has 0 amide bonds. The van der Waals surface area contributed by atoms with Crippen LogP contribution in [0.2, 0.25) is 0 Å². The summed E-state index contributed by atoms with van der Waals surface area (Å²) in [5.74, 6) is 0.649. The second kappa shape index (κ2) is 10.8. The smallest absolute Gasteiger partial charge is 0.243 e. The minimum Gasteiger partial charge on any atom is -0.303 e. The van der Waals surface area contributed by atoms with Gasteiger partial charge in [-0.1, -0.05) is 60.7 Å². The van der Waals surface area contributed by atoms with Crippen molar-refractivity contribution in [2.75, 3.05) is 32.7 Å². The summed E-state index contributed by atoms with van der Waals surface area (Å²) in [7, 11) is -3.70. The lowest BCUT2D eigenvalue weighted by atomic mass is 9.86. The highest BCUT2D eigenvalue weighted by molar-refractivity contribution is 7.89. The van der Waals surface area contributed by atoms with Crippen molar-refractivity contribution in [3.63, 3.8) is 0 Å². The molecule has 36 heavy (non-hydrogen) atoms. The van der Waals surface area contributed by atoms with Gasteiger partial charge in [0.15, 0.2) is 0 Å². The third-order valence-electron chi connectivity index (χ3n) is 7.96. The summed E-state index contributed by atoms with van der Waals surface area (Å²) < 4.78 is 42.5. The molecule has 2 heterocycles. The first-order valence-electron chi connectivity index (χ1n) is 13.0. The van der Waals surface area contributed by atoms with Gasteiger partial charge in [-0.3, -0.25) is 0 Å². The first-order valence-corrected chi connectivity index (χ1v) is 14.4. The molecule has 190 valence electrons. The summed E-state index contributed by atoms with van der Waals surface area (Å²) in [6.45, 7) is 5.61. The van der Waals surface area contributed by atoms with Gasteiger partial charge < -0.3 is 4.90 Å². The van der Waals surface area contributed by atoms with Crippen LogP contribution in [-0.4, -0.2) is 50.3 Å². The summed E-state index contributed by atoms with van der Waals surface area (Å²) in [6.07, 6.45) is 3.48. The Balaban J connectivity index is 1.29. The van der Waals surface area contributed by atoms with Gasteiger partial charge in [0, 0.05) is 25.6 Å². The van der Waals surface area contributed by atoms with Crippen molar-refractivity contribution in [3.05, 3.63) is 101 Å². The number of hydrogen-bond donors (Lipinski definition) is 0. The van der Waals surface area contributed by atoms with Crippen LogP contribution in [0.4, 0.5) is 4.39 Å². The quantitative estimate of drug-likeness (QED) is 0.425. The Kier molecular flexibility index (Phi) is 7.56. The summed E-state index contributed by atoms with van der Waals surface area (Å²) in [4.78, 5) is 2.74. The number of hydrogen-bond acceptors (Lipinski definition) is 3. The molecule has 3 aromatic rings. The van der Waals surface area contributed by atoms with Crippen LogP contribution in [0.3, 0.4) is 0 Å². The summed E-state index contributed by atoms with van der Waals surface area (Å²) in [5, 5.41) is 0. The van der Waals surface area contributed by atoms with Crippen LogP contribution in [0, 0.1) is 24.6 Å². The van der Waals surface area contributed by atoms with E-state index in [9.17, 15) is 12.8 Å². The van der Waals surface area contributed by atoms with Crippen LogP contribution in [-0.2, 0) is 16.4 Å². The Bertz CT molecular complexity index is 1260. The molecular weight excluding hydrogens is 471 g/mol. The minimum absolute atomic E-state index is 0.142. The third-order valence-corrected chi connectivity index (χ3v) is 9.95. The lowest BCUT2D eigenvalue weighted by Crippen LogP contribution is -2.39. The molecule has 0 N–H and O–H groups in total. The highest BCUT2D eigenvalue weighted by atomic mass is 32.2. The zero-order chi connectivity index (χ0) is 25.1. The summed E-state index contributed by atoms with van der Waals surface area (Å²) >= 11 is 0. The van der Waals surface area contributed by atoms with Gasteiger partial charge in [-0.05, 0) is 86.0 Å². The largest absolute Gasteiger partial charge is 0.303 e. The molecule has 2 atom stereocenters. The Morgan fingerprint density at radius 1 is 0.889 bits per heavy atom. The number of rotatable bonds is 7. The van der Waals surface area contributed by atoms with E-state index in [4.69, 9.17) is 0 Å². The molecule has 0 aliphatic carbocycles. The highest BCUT2D eigenvalue weighted by Crippen LogP contribution is 2.37. The zero-order valence-electron chi connectivity index (χ0n) is 20.9. The topological polar surface area (TPSA) is 40.6 Å². The first-order chi connectivity index (χ1) is 17.4. The van der Waals surface area contributed by atoms with Crippen molar-refractivity contribution < 1.29 is 12.8 Å². The van der Waals surface area contributed by atoms with Gasteiger partial charge in [-0.2, -0.15) is 4.31 Å². The average Bonchev–Trinajstić information content (AvgIpc) is 3.31. The van der Waals surface area contributed by atoms with Crippen molar-refractivity contribution in [3.8, 4) is 0 Å². The molecule has 3 aromatic carbocycles. The maximum Gasteiger partial charge on any atom is 0.243 e. The maximum absolute atomic E-state index is 13.7. The fourth-order valence-electron chi connectivity index (χ4n) is 5.98. The molecule has 6 heteroatoms. The van der Waals surface area contributed by atoms with Gasteiger partial charge in [0.2, 0.25) is 10.0 Å². The number of benzene rings is 3. The van der Waals surface area contributed by atoms with Crippen LogP contribution < -0.4 is 0 Å². The van der Waals surface area contributed by atoms with Gasteiger partial charge in [0.05, 0.1) is 4.90 Å². The first kappa shape index (κ1) is 25.1. The van der Waals surface area contributed by atoms with E-state index in [1.807, 2.05) is 18.2 Å². The van der Waals surface area contributed by atoms with E-state index < -0.39 is 15.8 Å². The molecule has 0 saturated carbocycles. The van der Waals surface area contributed by atoms with E-state index in [-0.39, 0.29) is 16.7 Å². The molecule has 2 fully saturated rings. The summed E-state index contributed by atoms with van der Waals surface area (Å²) in [6, 6.07) is 25.0. The number of halogens is 1. The third kappa shape index (κ3) is 5.56. The lowest BCUT2D eigenvalue weighted by Gasteiger charge is -2.34. The minimum atomic E-state index is -3.70. The van der Waals surface area contributed by atoms with Gasteiger partial charge in [-0.15, -0.1) is 0 Å². The number of piperidine rings is 1. The van der Waals surface area contributed by atoms with Crippen molar-refractivity contribution in [2.24, 2.45) is 11.8 Å². The van der Waals surface area contributed by atoms with Crippen molar-refractivity contribution in [1.82, 2.24) is 9.21 Å². The Morgan fingerprint density at radius 2 is 1.56 bits per heavy atom. The normalized spacial score (nSPS) is 22.2. The second-order valence-electron chi connectivity index (χ2n) is 10.4. The SMILES string of the molecule is Cc1cc(F)ccc1S(=O)(=O)N1C[C@H](CN2CCC(Cc3ccccc3)CC2)[C@@H](c2ccccc2)C1. The van der Waals surface area contributed by atoms with Crippen molar-refractivity contribution in [2.45, 2.75) is 37.0 Å². The molecule has 4 nitrogen and oxygen atoms in total. The molecule has 0 bridgehead atoms. The predicted molar refractivity (Wildman–Crippen MR) is 142 cm³/mol. The maximum atomic E-state index is 13.7. The number of aryl methyl sites for hydroxylation is 1. The molecule has 2 aliphatic heterocycles. The van der Waals surface area contributed by atoms with Crippen LogP contribution in [0.15, 0.2) is 83.8 Å². The molecule has 2 saturated heterocycles. The van der Waals surface area contributed by atoms with E-state index in [1.165, 1.54) is 42.2 Å². The molecule has 0 spiro atoms. The second-order valence-corrected chi connectivity index (χ2v) is 12.3. The Labute approximate surface area is 214 Å². The van der Waals surface area contributed by atoms with E-state index in [1.54, 1.807) is 11.2 Å². The number of nitrogens with zero attached hydrogens (tertiary/aromatic N) is 2. The Morgan fingerprint density at radius 3 is 2.22 bits per heavy atom. The molecule has 5 rings (SSSR count). The van der Waals surface area contributed by atoms with Gasteiger partial charge in [-0.25, -0.2) is 12.8 Å². The van der Waals surface area contributed by atoms with E-state index in [2.05, 4.69) is 47.4 Å². The molecular formula is C30H35FN2O2S. The number of sulfonamides is 1. The van der Waals surface area contributed by atoms with Gasteiger partial charge >= 0.3 is 0 Å². The van der Waals surface area contributed by atoms with Gasteiger partial charge in [0.25, 0.3) is 0 Å². The van der Waals surface area contributed by atoms with Crippen LogP contribution in [0.25, 0.3) is 0 Å². The van der Waals surface area contributed by atoms with E-state index in [0.29, 0.717) is 24.6 Å². The van der Waals surface area contributed by atoms with E-state index in [0.717, 1.165) is 26.1 Å². The molecule has 2 aliphatic rings. The fourth-order valence-corrected chi connectivity index (χ4v) is 7.71. The molecule has 0 radical (unpaired) electrons. The van der Waals surface area contributed by atoms with Crippen LogP contribution in [0.5, 0.6) is 0 Å². The number of likely N-dealkylation sites (tertiary alicyclic amines) is 1. The van der Waals surface area contributed by atoms with E-state index >= 15 is 0 Å².